The summed E-state index contributed by atoms with van der Waals surface area (Å²) in [5.74, 6) is 0.924. The molecule has 0 atom stereocenters. The van der Waals surface area contributed by atoms with Gasteiger partial charge in [0.25, 0.3) is 0 Å². The van der Waals surface area contributed by atoms with Gasteiger partial charge in [0.1, 0.15) is 12.1 Å². The second-order valence-corrected chi connectivity index (χ2v) is 6.11. The minimum atomic E-state index is -0.461. The Balaban J connectivity index is 1.83. The fourth-order valence-corrected chi connectivity index (χ4v) is 2.01. The quantitative estimate of drug-likeness (QED) is 0.811. The van der Waals surface area contributed by atoms with Crippen LogP contribution in [0.5, 0.6) is 0 Å². The number of hydrogen-bond acceptors (Lipinski definition) is 6. The number of anilines is 1. The van der Waals surface area contributed by atoms with E-state index in [1.54, 1.807) is 29.5 Å². The van der Waals surface area contributed by atoms with Gasteiger partial charge in [-0.2, -0.15) is 0 Å². The number of nitrogens with zero attached hydrogens (tertiary/aromatic N) is 4. The Hall–Kier alpha value is -1.93. The summed E-state index contributed by atoms with van der Waals surface area (Å²) in [6.07, 6.45) is 6.62. The molecule has 21 heavy (non-hydrogen) atoms. The maximum Gasteiger partial charge on any atom is 0.498 e. The van der Waals surface area contributed by atoms with Gasteiger partial charge in [-0.05, 0) is 27.7 Å². The van der Waals surface area contributed by atoms with Gasteiger partial charge in [0, 0.05) is 17.9 Å². The maximum atomic E-state index is 5.96. The predicted molar refractivity (Wildman–Crippen MR) is 79.3 cm³/mol. The number of hydrogen-bond donors (Lipinski definition) is 1. The normalized spacial score (nSPS) is 19.9. The number of imidazole rings is 1. The zero-order chi connectivity index (χ0) is 15.3. The molecule has 0 aromatic carbocycles. The fourth-order valence-electron chi connectivity index (χ4n) is 2.01. The molecule has 8 heteroatoms. The Bertz CT molecular complexity index is 637. The molecule has 0 bridgehead atoms. The molecule has 7 nitrogen and oxygen atoms in total. The van der Waals surface area contributed by atoms with Gasteiger partial charge < -0.3 is 15.0 Å². The Kier molecular flexibility index (Phi) is 3.03. The monoisotopic (exact) mass is 287 g/mol. The summed E-state index contributed by atoms with van der Waals surface area (Å²) >= 11 is 0. The van der Waals surface area contributed by atoms with Gasteiger partial charge in [-0.25, -0.2) is 15.0 Å². The molecule has 3 rings (SSSR count). The highest BCUT2D eigenvalue weighted by molar-refractivity contribution is 6.61. The summed E-state index contributed by atoms with van der Waals surface area (Å²) in [7, 11) is -0.461. The topological polar surface area (TPSA) is 88.1 Å². The first-order valence-electron chi connectivity index (χ1n) is 6.76. The van der Waals surface area contributed by atoms with Crippen LogP contribution in [0.15, 0.2) is 24.9 Å². The summed E-state index contributed by atoms with van der Waals surface area (Å²) in [5.41, 5.74) is 5.60. The molecule has 1 aliphatic rings. The van der Waals surface area contributed by atoms with E-state index in [2.05, 4.69) is 15.0 Å². The summed E-state index contributed by atoms with van der Waals surface area (Å²) in [5, 5.41) is 0. The molecule has 0 saturated carbocycles. The van der Waals surface area contributed by atoms with E-state index >= 15 is 0 Å². The first-order valence-corrected chi connectivity index (χ1v) is 6.76. The van der Waals surface area contributed by atoms with Crippen LogP contribution >= 0.6 is 0 Å². The molecule has 1 fully saturated rings. The fraction of sp³-hybridized carbons (Fsp3) is 0.462. The summed E-state index contributed by atoms with van der Waals surface area (Å²) < 4.78 is 13.6. The van der Waals surface area contributed by atoms with E-state index in [-0.39, 0.29) is 11.2 Å². The Morgan fingerprint density at radius 3 is 2.10 bits per heavy atom. The van der Waals surface area contributed by atoms with Gasteiger partial charge in [-0.3, -0.25) is 4.57 Å². The Morgan fingerprint density at radius 2 is 1.62 bits per heavy atom. The van der Waals surface area contributed by atoms with E-state index in [1.807, 2.05) is 27.7 Å². The van der Waals surface area contributed by atoms with Crippen LogP contribution in [0.2, 0.25) is 0 Å². The third-order valence-electron chi connectivity index (χ3n) is 4.02. The molecule has 0 unspecified atom stereocenters. The van der Waals surface area contributed by atoms with Gasteiger partial charge in [-0.1, -0.05) is 0 Å². The van der Waals surface area contributed by atoms with Crippen LogP contribution in [-0.2, 0) is 9.31 Å². The van der Waals surface area contributed by atoms with Crippen LogP contribution < -0.4 is 11.2 Å². The third kappa shape index (κ3) is 2.40. The van der Waals surface area contributed by atoms with Gasteiger partial charge in [0.05, 0.1) is 17.4 Å². The van der Waals surface area contributed by atoms with Gasteiger partial charge in [-0.15, -0.1) is 0 Å². The maximum absolute atomic E-state index is 5.96. The van der Waals surface area contributed by atoms with Crippen molar-refractivity contribution >= 4 is 18.4 Å². The zero-order valence-corrected chi connectivity index (χ0v) is 12.6. The SMILES string of the molecule is CC1(C)OB(c2cnc(-n3cnc(N)c3)nc2)OC1(C)C. The second kappa shape index (κ2) is 4.54. The molecule has 2 N–H and O–H groups in total. The Morgan fingerprint density at radius 1 is 1.05 bits per heavy atom. The van der Waals surface area contributed by atoms with Crippen molar-refractivity contribution in [1.29, 1.82) is 0 Å². The average Bonchev–Trinajstić information content (AvgIpc) is 2.92. The van der Waals surface area contributed by atoms with Gasteiger partial charge in [0.2, 0.25) is 5.95 Å². The molecule has 2 aromatic rings. The third-order valence-corrected chi connectivity index (χ3v) is 4.02. The van der Waals surface area contributed by atoms with Crippen molar-refractivity contribution in [2.75, 3.05) is 5.73 Å². The van der Waals surface area contributed by atoms with Crippen molar-refractivity contribution in [3.63, 3.8) is 0 Å². The van der Waals surface area contributed by atoms with E-state index in [1.165, 1.54) is 0 Å². The van der Waals surface area contributed by atoms with Crippen molar-refractivity contribution in [2.45, 2.75) is 38.9 Å². The Labute approximate surface area is 123 Å². The van der Waals surface area contributed by atoms with Crippen LogP contribution in [0, 0.1) is 0 Å². The van der Waals surface area contributed by atoms with E-state index in [0.717, 1.165) is 5.46 Å². The molecule has 1 saturated heterocycles. The number of rotatable bonds is 2. The minimum Gasteiger partial charge on any atom is -0.399 e. The van der Waals surface area contributed by atoms with Crippen molar-refractivity contribution in [2.24, 2.45) is 0 Å². The highest BCUT2D eigenvalue weighted by Crippen LogP contribution is 2.36. The van der Waals surface area contributed by atoms with E-state index < -0.39 is 7.12 Å². The number of nitrogens with two attached hydrogens (primary N) is 1. The lowest BCUT2D eigenvalue weighted by Gasteiger charge is -2.32. The zero-order valence-electron chi connectivity index (χ0n) is 12.6. The van der Waals surface area contributed by atoms with Crippen LogP contribution in [0.25, 0.3) is 5.95 Å². The summed E-state index contributed by atoms with van der Waals surface area (Å²) in [4.78, 5) is 12.5. The molecule has 0 radical (unpaired) electrons. The average molecular weight is 287 g/mol. The second-order valence-electron chi connectivity index (χ2n) is 6.11. The smallest absolute Gasteiger partial charge is 0.399 e. The van der Waals surface area contributed by atoms with E-state index in [0.29, 0.717) is 11.8 Å². The molecule has 1 aliphatic heterocycles. The predicted octanol–water partition coefficient (Wildman–Crippen LogP) is 0.544. The van der Waals surface area contributed by atoms with Crippen molar-refractivity contribution in [3.8, 4) is 5.95 Å². The molecule has 0 amide bonds. The summed E-state index contributed by atoms with van der Waals surface area (Å²) in [6, 6.07) is 0. The minimum absolute atomic E-state index is 0.380. The van der Waals surface area contributed by atoms with Crippen LogP contribution in [0.3, 0.4) is 0 Å². The number of aromatic nitrogens is 4. The molecule has 0 aliphatic carbocycles. The lowest BCUT2D eigenvalue weighted by molar-refractivity contribution is 0.00578. The lowest BCUT2D eigenvalue weighted by Crippen LogP contribution is -2.41. The molecule has 110 valence electrons. The highest BCUT2D eigenvalue weighted by Gasteiger charge is 2.51. The standard InChI is InChI=1S/C13H18BN5O2/c1-12(2)13(3,4)21-14(20-12)9-5-16-11(17-6-9)19-7-10(15)18-8-19/h5-8H,15H2,1-4H3. The van der Waals surface area contributed by atoms with E-state index in [4.69, 9.17) is 15.0 Å². The van der Waals surface area contributed by atoms with Gasteiger partial charge >= 0.3 is 7.12 Å². The largest absolute Gasteiger partial charge is 0.498 e. The first-order chi connectivity index (χ1) is 9.78. The van der Waals surface area contributed by atoms with Crippen LogP contribution in [0.4, 0.5) is 5.82 Å². The van der Waals surface area contributed by atoms with Crippen LogP contribution in [-0.4, -0.2) is 37.8 Å². The van der Waals surface area contributed by atoms with Crippen molar-refractivity contribution in [3.05, 3.63) is 24.9 Å². The number of nitrogen functional groups attached to an aromatic ring is 1. The molecular formula is C13H18BN5O2. The van der Waals surface area contributed by atoms with Crippen molar-refractivity contribution < 1.29 is 9.31 Å². The van der Waals surface area contributed by atoms with E-state index in [9.17, 15) is 0 Å². The van der Waals surface area contributed by atoms with Crippen molar-refractivity contribution in [1.82, 2.24) is 19.5 Å². The lowest BCUT2D eigenvalue weighted by atomic mass is 9.81. The molecule has 3 heterocycles. The first kappa shape index (κ1) is 14.0. The van der Waals surface area contributed by atoms with Gasteiger partial charge in [0.15, 0.2) is 0 Å². The highest BCUT2D eigenvalue weighted by atomic mass is 16.7. The molecule has 2 aromatic heterocycles. The summed E-state index contributed by atoms with van der Waals surface area (Å²) in [6.45, 7) is 8.04. The molecule has 0 spiro atoms. The van der Waals surface area contributed by atoms with Crippen LogP contribution in [0.1, 0.15) is 27.7 Å². The molecular weight excluding hydrogens is 269 g/mol.